The second-order valence-corrected chi connectivity index (χ2v) is 7.31. The van der Waals surface area contributed by atoms with Crippen molar-refractivity contribution in [1.29, 1.82) is 0 Å². The Morgan fingerprint density at radius 1 is 1.14 bits per heavy atom. The lowest BCUT2D eigenvalue weighted by Gasteiger charge is -2.15. The summed E-state index contributed by atoms with van der Waals surface area (Å²) in [7, 11) is 0. The monoisotopic (exact) mass is 392 g/mol. The minimum atomic E-state index is -0.609. The Balaban J connectivity index is 2.50. The average Bonchev–Trinajstić information content (AvgIpc) is 2.67. The zero-order chi connectivity index (χ0) is 21.1. The molecule has 2 N–H and O–H groups in total. The zero-order valence-corrected chi connectivity index (χ0v) is 16.7. The van der Waals surface area contributed by atoms with Crippen molar-refractivity contribution in [3.63, 3.8) is 0 Å². The second-order valence-electron chi connectivity index (χ2n) is 7.31. The third-order valence-electron chi connectivity index (χ3n) is 4.66. The van der Waals surface area contributed by atoms with Crippen molar-refractivity contribution in [1.82, 2.24) is 0 Å². The van der Waals surface area contributed by atoms with Crippen molar-refractivity contribution in [3.05, 3.63) is 64.0 Å². The van der Waals surface area contributed by atoms with E-state index in [0.717, 1.165) is 0 Å². The first-order valence-electron chi connectivity index (χ1n) is 9.67. The maximum Gasteiger partial charge on any atom is 0.336 e. The van der Waals surface area contributed by atoms with E-state index in [4.69, 9.17) is 4.42 Å². The quantitative estimate of drug-likeness (QED) is 0.426. The number of fused-ring (bicyclic) bond motifs is 1. The Morgan fingerprint density at radius 3 is 2.45 bits per heavy atom. The van der Waals surface area contributed by atoms with Gasteiger partial charge in [-0.05, 0) is 17.9 Å². The molecule has 0 saturated carbocycles. The first kappa shape index (κ1) is 20.4. The number of aromatic hydroxyl groups is 2. The number of hydrogen-bond acceptors (Lipinski definition) is 5. The molecular formula is C24H24O5. The summed E-state index contributed by atoms with van der Waals surface area (Å²) in [5.41, 5.74) is 0.645. The molecule has 0 aliphatic heterocycles. The molecule has 3 aromatic rings. The van der Waals surface area contributed by atoms with Crippen LogP contribution < -0.4 is 5.63 Å². The van der Waals surface area contributed by atoms with E-state index in [0.29, 0.717) is 17.5 Å². The molecule has 29 heavy (non-hydrogen) atoms. The van der Waals surface area contributed by atoms with Crippen LogP contribution in [0.4, 0.5) is 0 Å². The van der Waals surface area contributed by atoms with Crippen molar-refractivity contribution < 1.29 is 19.4 Å². The van der Waals surface area contributed by atoms with Crippen molar-refractivity contribution in [2.75, 3.05) is 0 Å². The number of phenols is 2. The number of ketones is 1. The van der Waals surface area contributed by atoms with Gasteiger partial charge in [0.2, 0.25) is 0 Å². The number of carbonyl (C=O) groups excluding carboxylic acids is 1. The van der Waals surface area contributed by atoms with Gasteiger partial charge in [0.15, 0.2) is 11.4 Å². The largest absolute Gasteiger partial charge is 0.506 e. The second kappa shape index (κ2) is 8.35. The Hall–Kier alpha value is -3.34. The Labute approximate surface area is 168 Å². The van der Waals surface area contributed by atoms with Gasteiger partial charge in [0, 0.05) is 18.1 Å². The van der Waals surface area contributed by atoms with Gasteiger partial charge in [0.05, 0.1) is 10.9 Å². The van der Waals surface area contributed by atoms with Gasteiger partial charge in [-0.3, -0.25) is 4.79 Å². The number of carbonyl (C=O) groups is 1. The molecular weight excluding hydrogens is 368 g/mol. The lowest BCUT2D eigenvalue weighted by molar-refractivity contribution is 0.0976. The number of phenolic OH excluding ortho intramolecular Hbond substituents is 2. The fourth-order valence-corrected chi connectivity index (χ4v) is 3.30. The first-order valence-corrected chi connectivity index (χ1v) is 9.67. The van der Waals surface area contributed by atoms with Gasteiger partial charge in [-0.15, -0.1) is 0 Å². The maximum absolute atomic E-state index is 12.7. The number of rotatable bonds is 6. The van der Waals surface area contributed by atoms with Gasteiger partial charge >= 0.3 is 5.63 Å². The topological polar surface area (TPSA) is 87.7 Å². The number of hydrogen-bond donors (Lipinski definition) is 2. The fraction of sp³-hybridized carbons (Fsp3) is 0.250. The highest BCUT2D eigenvalue weighted by molar-refractivity contribution is 6.12. The van der Waals surface area contributed by atoms with Crippen molar-refractivity contribution in [2.45, 2.75) is 33.6 Å². The Bertz CT molecular complexity index is 1140. The van der Waals surface area contributed by atoms with Crippen LogP contribution in [0, 0.1) is 5.92 Å². The van der Waals surface area contributed by atoms with Crippen LogP contribution in [0.3, 0.4) is 0 Å². The van der Waals surface area contributed by atoms with E-state index in [-0.39, 0.29) is 51.7 Å². The summed E-state index contributed by atoms with van der Waals surface area (Å²) in [6.07, 6.45) is 4.21. The molecule has 5 heteroatoms. The highest BCUT2D eigenvalue weighted by Gasteiger charge is 2.26. The van der Waals surface area contributed by atoms with Crippen LogP contribution in [0.2, 0.25) is 0 Å². The Kier molecular flexibility index (Phi) is 5.87. The van der Waals surface area contributed by atoms with Crippen LogP contribution in [0.15, 0.2) is 51.7 Å². The van der Waals surface area contributed by atoms with Crippen molar-refractivity contribution >= 4 is 22.8 Å². The summed E-state index contributed by atoms with van der Waals surface area (Å²) in [5, 5.41) is 22.1. The third-order valence-corrected chi connectivity index (χ3v) is 4.66. The smallest absolute Gasteiger partial charge is 0.336 e. The van der Waals surface area contributed by atoms with Crippen LogP contribution in [0.1, 0.15) is 49.5 Å². The molecule has 0 aliphatic rings. The highest BCUT2D eigenvalue weighted by atomic mass is 16.4. The summed E-state index contributed by atoms with van der Waals surface area (Å²) in [6, 6.07) is 10.4. The SMILES string of the molecule is CCCC(=O)c1c(O)c(/C=C/C(C)C)c2oc(=O)cc(-c3ccccc3)c2c1O. The van der Waals surface area contributed by atoms with Crippen LogP contribution >= 0.6 is 0 Å². The van der Waals surface area contributed by atoms with Crippen LogP contribution in [0.5, 0.6) is 11.5 Å². The summed E-state index contributed by atoms with van der Waals surface area (Å²) in [4.78, 5) is 25.0. The molecule has 0 unspecified atom stereocenters. The van der Waals surface area contributed by atoms with Gasteiger partial charge in [-0.25, -0.2) is 4.79 Å². The molecule has 0 amide bonds. The molecule has 0 aliphatic carbocycles. The van der Waals surface area contributed by atoms with Crippen molar-refractivity contribution in [3.8, 4) is 22.6 Å². The highest BCUT2D eigenvalue weighted by Crippen LogP contribution is 2.44. The van der Waals surface area contributed by atoms with Gasteiger partial charge in [-0.2, -0.15) is 0 Å². The summed E-state index contributed by atoms with van der Waals surface area (Å²) in [5.74, 6) is -0.954. The molecule has 5 nitrogen and oxygen atoms in total. The van der Waals surface area contributed by atoms with Gasteiger partial charge in [-0.1, -0.05) is 63.3 Å². The summed E-state index contributed by atoms with van der Waals surface area (Å²) in [6.45, 7) is 5.77. The molecule has 0 spiro atoms. The van der Waals surface area contributed by atoms with Gasteiger partial charge < -0.3 is 14.6 Å². The van der Waals surface area contributed by atoms with Crippen LogP contribution in [0.25, 0.3) is 28.2 Å². The van der Waals surface area contributed by atoms with Gasteiger partial charge in [0.1, 0.15) is 17.1 Å². The molecule has 3 rings (SSSR count). The Morgan fingerprint density at radius 2 is 1.83 bits per heavy atom. The van der Waals surface area contributed by atoms with Crippen LogP contribution in [-0.4, -0.2) is 16.0 Å². The number of allylic oxidation sites excluding steroid dienone is 1. The fourth-order valence-electron chi connectivity index (χ4n) is 3.30. The lowest BCUT2D eigenvalue weighted by atomic mass is 9.93. The molecule has 0 saturated heterocycles. The molecule has 0 fully saturated rings. The number of benzene rings is 2. The molecule has 0 atom stereocenters. The van der Waals surface area contributed by atoms with E-state index in [2.05, 4.69) is 0 Å². The van der Waals surface area contributed by atoms with E-state index in [1.54, 1.807) is 18.2 Å². The number of Topliss-reactive ketones (excluding diaryl/α,β-unsaturated/α-hetero) is 1. The first-order chi connectivity index (χ1) is 13.8. The summed E-state index contributed by atoms with van der Waals surface area (Å²) >= 11 is 0. The van der Waals surface area contributed by atoms with E-state index in [9.17, 15) is 19.8 Å². The van der Waals surface area contributed by atoms with Crippen molar-refractivity contribution in [2.24, 2.45) is 5.92 Å². The lowest BCUT2D eigenvalue weighted by Crippen LogP contribution is -2.05. The standard InChI is InChI=1S/C24H24O5/c1-4-8-18(25)21-22(27)16(12-11-14(2)3)24-20(23(21)28)17(13-19(26)29-24)15-9-6-5-7-10-15/h5-7,9-14,27-28H,4,8H2,1-3H3/b12-11+. The predicted molar refractivity (Wildman–Crippen MR) is 114 cm³/mol. The van der Waals surface area contributed by atoms with E-state index in [1.807, 2.05) is 45.0 Å². The predicted octanol–water partition coefficient (Wildman–Crippen LogP) is 5.52. The third kappa shape index (κ3) is 3.94. The molecule has 150 valence electrons. The van der Waals surface area contributed by atoms with E-state index < -0.39 is 5.63 Å². The molecule has 1 heterocycles. The molecule has 0 bridgehead atoms. The zero-order valence-electron chi connectivity index (χ0n) is 16.7. The minimum absolute atomic E-state index is 0.0521. The molecule has 1 aromatic heterocycles. The van der Waals surface area contributed by atoms with Crippen LogP contribution in [-0.2, 0) is 0 Å². The minimum Gasteiger partial charge on any atom is -0.506 e. The molecule has 2 aromatic carbocycles. The maximum atomic E-state index is 12.7. The van der Waals surface area contributed by atoms with E-state index in [1.165, 1.54) is 6.07 Å². The van der Waals surface area contributed by atoms with Gasteiger partial charge in [0.25, 0.3) is 0 Å². The summed E-state index contributed by atoms with van der Waals surface area (Å²) < 4.78 is 5.41. The normalized spacial score (nSPS) is 11.6. The average molecular weight is 392 g/mol. The molecule has 0 radical (unpaired) electrons. The van der Waals surface area contributed by atoms with E-state index >= 15 is 0 Å².